The number of carbonyl (C=O) groups is 1. The summed E-state index contributed by atoms with van der Waals surface area (Å²) in [5.74, 6) is 0.0722. The number of hydrogen-bond donors (Lipinski definition) is 1. The highest BCUT2D eigenvalue weighted by atomic mass is 32.1. The number of thiophene rings is 1. The van der Waals surface area contributed by atoms with Gasteiger partial charge < -0.3 is 15.0 Å². The number of morpholine rings is 1. The summed E-state index contributed by atoms with van der Waals surface area (Å²) in [6.07, 6.45) is 0.151. The highest BCUT2D eigenvalue weighted by Gasteiger charge is 2.27. The smallest absolute Gasteiger partial charge is 0.256 e. The van der Waals surface area contributed by atoms with Crippen molar-refractivity contribution in [1.82, 2.24) is 4.90 Å². The molecule has 0 bridgehead atoms. The van der Waals surface area contributed by atoms with Gasteiger partial charge in [-0.3, -0.25) is 4.79 Å². The number of aryl methyl sites for hydroxylation is 1. The number of rotatable bonds is 4. The fourth-order valence-corrected chi connectivity index (χ4v) is 3.94. The van der Waals surface area contributed by atoms with Crippen LogP contribution in [0, 0.1) is 6.92 Å². The summed E-state index contributed by atoms with van der Waals surface area (Å²) in [5.41, 5.74) is 2.90. The molecule has 0 unspecified atom stereocenters. The second kappa shape index (κ2) is 7.36. The van der Waals surface area contributed by atoms with Gasteiger partial charge in [0.15, 0.2) is 0 Å². The van der Waals surface area contributed by atoms with E-state index in [0.29, 0.717) is 13.1 Å². The number of ether oxygens (including phenoxy) is 1. The van der Waals surface area contributed by atoms with Crippen molar-refractivity contribution < 1.29 is 9.53 Å². The van der Waals surface area contributed by atoms with Crippen molar-refractivity contribution in [3.8, 4) is 0 Å². The summed E-state index contributed by atoms with van der Waals surface area (Å²) in [4.78, 5) is 16.2. The molecule has 128 valence electrons. The van der Waals surface area contributed by atoms with Gasteiger partial charge in [-0.05, 0) is 49.9 Å². The fourth-order valence-electron chi connectivity index (χ4n) is 3.10. The molecule has 2 atom stereocenters. The third-order valence-electron chi connectivity index (χ3n) is 4.27. The average molecular weight is 344 g/mol. The molecule has 1 amide bonds. The largest absolute Gasteiger partial charge is 0.379 e. The van der Waals surface area contributed by atoms with Crippen LogP contribution in [0.2, 0.25) is 0 Å². The number of carbonyl (C=O) groups excluding carboxylic acids is 1. The molecular formula is C19H24N2O2S. The molecule has 1 aromatic carbocycles. The molecule has 0 radical (unpaired) electrons. The maximum Gasteiger partial charge on any atom is 0.256 e. The zero-order chi connectivity index (χ0) is 17.1. The number of hydrogen-bond acceptors (Lipinski definition) is 4. The lowest BCUT2D eigenvalue weighted by molar-refractivity contribution is -0.0585. The molecule has 1 fully saturated rings. The first-order valence-corrected chi connectivity index (χ1v) is 9.23. The Balaban J connectivity index is 1.76. The Hall–Kier alpha value is -1.85. The van der Waals surface area contributed by atoms with Crippen molar-refractivity contribution in [2.75, 3.05) is 18.4 Å². The molecule has 2 heterocycles. The number of nitrogens with one attached hydrogen (secondary N) is 1. The minimum atomic E-state index is 0.0722. The van der Waals surface area contributed by atoms with Crippen LogP contribution >= 0.6 is 11.3 Å². The second-order valence-corrected chi connectivity index (χ2v) is 7.39. The highest BCUT2D eigenvalue weighted by Crippen LogP contribution is 2.23. The van der Waals surface area contributed by atoms with E-state index in [1.54, 1.807) is 11.3 Å². The number of para-hydroxylation sites is 1. The first-order chi connectivity index (χ1) is 11.5. The molecule has 4 nitrogen and oxygen atoms in total. The van der Waals surface area contributed by atoms with Gasteiger partial charge in [0, 0.05) is 30.2 Å². The quantitative estimate of drug-likeness (QED) is 0.914. The zero-order valence-corrected chi connectivity index (χ0v) is 15.2. The van der Waals surface area contributed by atoms with Crippen LogP contribution in [-0.2, 0) is 11.3 Å². The van der Waals surface area contributed by atoms with Crippen molar-refractivity contribution in [2.45, 2.75) is 39.5 Å². The van der Waals surface area contributed by atoms with E-state index >= 15 is 0 Å². The van der Waals surface area contributed by atoms with Crippen LogP contribution in [0.15, 0.2) is 35.7 Å². The van der Waals surface area contributed by atoms with E-state index in [4.69, 9.17) is 4.74 Å². The van der Waals surface area contributed by atoms with E-state index < -0.39 is 0 Å². The van der Waals surface area contributed by atoms with Gasteiger partial charge in [-0.1, -0.05) is 12.1 Å². The molecular weight excluding hydrogens is 320 g/mol. The molecule has 0 spiro atoms. The van der Waals surface area contributed by atoms with Gasteiger partial charge in [0.25, 0.3) is 5.91 Å². The van der Waals surface area contributed by atoms with E-state index in [2.05, 4.69) is 23.7 Å². The Labute approximate surface area is 147 Å². The van der Waals surface area contributed by atoms with Gasteiger partial charge in [-0.2, -0.15) is 0 Å². The maximum atomic E-state index is 13.0. The summed E-state index contributed by atoms with van der Waals surface area (Å²) in [6, 6.07) is 9.88. The molecule has 24 heavy (non-hydrogen) atoms. The van der Waals surface area contributed by atoms with E-state index in [-0.39, 0.29) is 18.1 Å². The Morgan fingerprint density at radius 2 is 1.96 bits per heavy atom. The van der Waals surface area contributed by atoms with Crippen LogP contribution in [-0.4, -0.2) is 36.1 Å². The van der Waals surface area contributed by atoms with Crippen LogP contribution in [0.1, 0.15) is 34.6 Å². The van der Waals surface area contributed by atoms with E-state index in [1.807, 2.05) is 43.0 Å². The second-order valence-electron chi connectivity index (χ2n) is 6.39. The van der Waals surface area contributed by atoms with Gasteiger partial charge in [0.1, 0.15) is 0 Å². The van der Waals surface area contributed by atoms with E-state index in [0.717, 1.165) is 17.8 Å². The van der Waals surface area contributed by atoms with Gasteiger partial charge in [-0.25, -0.2) is 0 Å². The zero-order valence-electron chi connectivity index (χ0n) is 14.4. The van der Waals surface area contributed by atoms with Crippen LogP contribution in [0.3, 0.4) is 0 Å². The van der Waals surface area contributed by atoms with Crippen LogP contribution in [0.5, 0.6) is 0 Å². The van der Waals surface area contributed by atoms with Crippen LogP contribution < -0.4 is 5.32 Å². The number of amides is 1. The topological polar surface area (TPSA) is 41.6 Å². The minimum absolute atomic E-state index is 0.0722. The van der Waals surface area contributed by atoms with Crippen LogP contribution in [0.4, 0.5) is 5.69 Å². The van der Waals surface area contributed by atoms with Gasteiger partial charge in [0.05, 0.1) is 17.8 Å². The Bertz CT molecular complexity index is 703. The number of nitrogens with zero attached hydrogens (tertiary/aromatic N) is 1. The summed E-state index contributed by atoms with van der Waals surface area (Å²) >= 11 is 1.74. The fraction of sp³-hybridized carbons (Fsp3) is 0.421. The van der Waals surface area contributed by atoms with Crippen LogP contribution in [0.25, 0.3) is 0 Å². The van der Waals surface area contributed by atoms with E-state index in [1.165, 1.54) is 10.4 Å². The predicted molar refractivity (Wildman–Crippen MR) is 98.7 cm³/mol. The SMILES string of the molecule is Cc1ccsc1CNc1ccccc1C(=O)N1C[C@@H](C)O[C@@H](C)C1. The molecule has 1 N–H and O–H groups in total. The average Bonchev–Trinajstić information content (AvgIpc) is 2.97. The monoisotopic (exact) mass is 344 g/mol. The van der Waals surface area contributed by atoms with Crippen molar-refractivity contribution in [2.24, 2.45) is 0 Å². The molecule has 1 aliphatic heterocycles. The lowest BCUT2D eigenvalue weighted by Gasteiger charge is -2.35. The lowest BCUT2D eigenvalue weighted by atomic mass is 10.1. The third-order valence-corrected chi connectivity index (χ3v) is 5.29. The molecule has 2 aromatic rings. The molecule has 1 aliphatic rings. The molecule has 0 saturated carbocycles. The first kappa shape index (κ1) is 17.0. The van der Waals surface area contributed by atoms with Crippen molar-refractivity contribution in [1.29, 1.82) is 0 Å². The molecule has 5 heteroatoms. The molecule has 1 aromatic heterocycles. The molecule has 1 saturated heterocycles. The van der Waals surface area contributed by atoms with Gasteiger partial charge in [0.2, 0.25) is 0 Å². The number of benzene rings is 1. The normalized spacial score (nSPS) is 20.9. The van der Waals surface area contributed by atoms with E-state index in [9.17, 15) is 4.79 Å². The van der Waals surface area contributed by atoms with Crippen molar-refractivity contribution >= 4 is 22.9 Å². The summed E-state index contributed by atoms with van der Waals surface area (Å²) < 4.78 is 5.73. The minimum Gasteiger partial charge on any atom is -0.379 e. The van der Waals surface area contributed by atoms with Crippen molar-refractivity contribution in [3.05, 3.63) is 51.7 Å². The summed E-state index contributed by atoms with van der Waals surface area (Å²) in [7, 11) is 0. The maximum absolute atomic E-state index is 13.0. The highest BCUT2D eigenvalue weighted by molar-refractivity contribution is 7.10. The molecule has 0 aliphatic carbocycles. The van der Waals surface area contributed by atoms with Gasteiger partial charge >= 0.3 is 0 Å². The number of anilines is 1. The standard InChI is InChI=1S/C19H24N2O2S/c1-13-8-9-24-18(13)10-20-17-7-5-4-6-16(17)19(22)21-11-14(2)23-15(3)12-21/h4-9,14-15,20H,10-12H2,1-3H3/t14-,15+. The third kappa shape index (κ3) is 3.79. The summed E-state index contributed by atoms with van der Waals surface area (Å²) in [5, 5.41) is 5.53. The lowest BCUT2D eigenvalue weighted by Crippen LogP contribution is -2.48. The first-order valence-electron chi connectivity index (χ1n) is 8.35. The Morgan fingerprint density at radius 3 is 2.62 bits per heavy atom. The Kier molecular flexibility index (Phi) is 5.21. The van der Waals surface area contributed by atoms with Gasteiger partial charge in [-0.15, -0.1) is 11.3 Å². The van der Waals surface area contributed by atoms with Crippen molar-refractivity contribution in [3.63, 3.8) is 0 Å². The summed E-state index contributed by atoms with van der Waals surface area (Å²) in [6.45, 7) is 8.16. The Morgan fingerprint density at radius 1 is 1.25 bits per heavy atom. The predicted octanol–water partition coefficient (Wildman–Crippen LogP) is 3.92. The molecule has 3 rings (SSSR count).